The number of benzene rings is 1. The van der Waals surface area contributed by atoms with Crippen LogP contribution in [0.4, 0.5) is 41.2 Å². The summed E-state index contributed by atoms with van der Waals surface area (Å²) < 4.78 is 86.3. The Morgan fingerprint density at radius 1 is 1.10 bits per heavy atom. The van der Waals surface area contributed by atoms with Gasteiger partial charge in [0.15, 0.2) is 0 Å². The molecule has 3 nitrogen and oxygen atoms in total. The average Bonchev–Trinajstić information content (AvgIpc) is 2.28. The van der Waals surface area contributed by atoms with Crippen molar-refractivity contribution in [2.75, 3.05) is 5.32 Å². The number of urea groups is 1. The van der Waals surface area contributed by atoms with Gasteiger partial charge in [-0.25, -0.2) is 9.18 Å². The van der Waals surface area contributed by atoms with Gasteiger partial charge in [0.05, 0.1) is 0 Å². The molecule has 10 heteroatoms. The molecule has 21 heavy (non-hydrogen) atoms. The minimum atomic E-state index is -5.70. The van der Waals surface area contributed by atoms with E-state index in [-0.39, 0.29) is 11.3 Å². The van der Waals surface area contributed by atoms with Gasteiger partial charge in [-0.3, -0.25) is 0 Å². The van der Waals surface area contributed by atoms with Crippen molar-refractivity contribution in [3.63, 3.8) is 0 Å². The summed E-state index contributed by atoms with van der Waals surface area (Å²) in [6.07, 6.45) is -11.4. The van der Waals surface area contributed by atoms with Crippen molar-refractivity contribution in [1.29, 1.82) is 0 Å². The zero-order valence-electron chi connectivity index (χ0n) is 10.4. The number of hydrogen-bond donors (Lipinski definition) is 2. The third-order valence-electron chi connectivity index (χ3n) is 2.38. The molecule has 0 heterocycles. The van der Waals surface area contributed by atoms with E-state index in [1.165, 1.54) is 13.0 Å². The second kappa shape index (κ2) is 5.78. The molecule has 1 rings (SSSR count). The number of amides is 2. The van der Waals surface area contributed by atoms with E-state index in [0.29, 0.717) is 0 Å². The maximum absolute atomic E-state index is 12.9. The largest absolute Gasteiger partial charge is 0.417 e. The topological polar surface area (TPSA) is 41.1 Å². The van der Waals surface area contributed by atoms with Crippen LogP contribution in [-0.4, -0.2) is 24.4 Å². The highest BCUT2D eigenvalue weighted by molar-refractivity contribution is 5.90. The van der Waals surface area contributed by atoms with Gasteiger partial charge in [-0.15, -0.1) is 0 Å². The van der Waals surface area contributed by atoms with Gasteiger partial charge in [0, 0.05) is 5.69 Å². The summed E-state index contributed by atoms with van der Waals surface area (Å²) in [4.78, 5) is 11.2. The van der Waals surface area contributed by atoms with Gasteiger partial charge < -0.3 is 10.6 Å². The predicted molar refractivity (Wildman–Crippen MR) is 59.2 cm³/mol. The van der Waals surface area contributed by atoms with Gasteiger partial charge >= 0.3 is 18.4 Å². The number of anilines is 1. The molecule has 1 aromatic rings. The number of rotatable bonds is 2. The van der Waals surface area contributed by atoms with E-state index in [1.54, 1.807) is 5.32 Å². The summed E-state index contributed by atoms with van der Waals surface area (Å²) in [5.41, 5.74) is 0.0257. The third kappa shape index (κ3) is 4.80. The first kappa shape index (κ1) is 17.1. The number of aryl methyl sites for hydroxylation is 1. The fraction of sp³-hybridized carbons (Fsp3) is 0.364. The Kier molecular flexibility index (Phi) is 4.69. The van der Waals surface area contributed by atoms with Gasteiger partial charge in [-0.1, -0.05) is 6.07 Å². The van der Waals surface area contributed by atoms with Gasteiger partial charge in [-0.2, -0.15) is 26.3 Å². The zero-order chi connectivity index (χ0) is 16.4. The van der Waals surface area contributed by atoms with E-state index >= 15 is 0 Å². The first-order valence-corrected chi connectivity index (χ1v) is 5.38. The Balaban J connectivity index is 2.87. The number of carbonyl (C=O) groups excluding carboxylic acids is 1. The molecular weight excluding hydrogens is 309 g/mol. The monoisotopic (exact) mass is 318 g/mol. The van der Waals surface area contributed by atoms with Crippen LogP contribution in [0.2, 0.25) is 0 Å². The molecule has 0 spiro atoms. The molecule has 0 unspecified atom stereocenters. The second-order valence-electron chi connectivity index (χ2n) is 4.07. The Morgan fingerprint density at radius 2 is 1.62 bits per heavy atom. The maximum Gasteiger partial charge on any atom is 0.417 e. The lowest BCUT2D eigenvalue weighted by atomic mass is 10.2. The maximum atomic E-state index is 12.9. The fourth-order valence-corrected chi connectivity index (χ4v) is 1.37. The first-order valence-electron chi connectivity index (χ1n) is 5.38. The smallest absolute Gasteiger partial charge is 0.318 e. The summed E-state index contributed by atoms with van der Waals surface area (Å²) in [5, 5.41) is 2.51. The third-order valence-corrected chi connectivity index (χ3v) is 2.38. The van der Waals surface area contributed by atoms with E-state index in [9.17, 15) is 35.5 Å². The molecule has 0 aliphatic rings. The molecule has 0 aliphatic heterocycles. The molecule has 0 radical (unpaired) electrons. The molecule has 118 valence electrons. The van der Waals surface area contributed by atoms with E-state index in [4.69, 9.17) is 0 Å². The summed E-state index contributed by atoms with van der Waals surface area (Å²) in [6.45, 7) is 1.39. The number of hydrogen-bond acceptors (Lipinski definition) is 1. The van der Waals surface area contributed by atoms with E-state index in [2.05, 4.69) is 0 Å². The molecule has 0 bridgehead atoms. The van der Waals surface area contributed by atoms with Crippen LogP contribution >= 0.6 is 0 Å². The van der Waals surface area contributed by atoms with Gasteiger partial charge in [0.1, 0.15) is 5.82 Å². The first-order chi connectivity index (χ1) is 9.41. The lowest BCUT2D eigenvalue weighted by molar-refractivity contribution is -0.255. The number of carbonyl (C=O) groups is 1. The molecule has 2 amide bonds. The van der Waals surface area contributed by atoms with Crippen LogP contribution in [0.1, 0.15) is 5.56 Å². The Morgan fingerprint density at radius 3 is 2.10 bits per heavy atom. The van der Waals surface area contributed by atoms with Crippen molar-refractivity contribution in [3.05, 3.63) is 29.6 Å². The van der Waals surface area contributed by atoms with Gasteiger partial charge in [0.2, 0.25) is 6.04 Å². The van der Waals surface area contributed by atoms with Gasteiger partial charge in [-0.05, 0) is 24.6 Å². The normalized spacial score (nSPS) is 12.4. The summed E-state index contributed by atoms with van der Waals surface area (Å²) >= 11 is 0. The van der Waals surface area contributed by atoms with E-state index in [1.807, 2.05) is 0 Å². The van der Waals surface area contributed by atoms with E-state index in [0.717, 1.165) is 17.4 Å². The van der Waals surface area contributed by atoms with Gasteiger partial charge in [0.25, 0.3) is 0 Å². The second-order valence-corrected chi connectivity index (χ2v) is 4.07. The molecule has 0 saturated carbocycles. The molecule has 0 aromatic heterocycles. The quantitative estimate of drug-likeness (QED) is 0.801. The average molecular weight is 318 g/mol. The van der Waals surface area contributed by atoms with Crippen molar-refractivity contribution in [1.82, 2.24) is 5.32 Å². The van der Waals surface area contributed by atoms with E-state index < -0.39 is 30.2 Å². The minimum absolute atomic E-state index is 0.240. The highest BCUT2D eigenvalue weighted by Crippen LogP contribution is 2.33. The number of nitrogens with one attached hydrogen (secondary N) is 2. The Bertz CT molecular complexity index is 510. The highest BCUT2D eigenvalue weighted by atomic mass is 19.4. The van der Waals surface area contributed by atoms with Crippen LogP contribution < -0.4 is 10.6 Å². The Hall–Kier alpha value is -2.00. The summed E-state index contributed by atoms with van der Waals surface area (Å²) in [6, 6.07) is -2.77. The molecule has 0 atom stereocenters. The zero-order valence-corrected chi connectivity index (χ0v) is 10.4. The van der Waals surface area contributed by atoms with Crippen LogP contribution in [0.5, 0.6) is 0 Å². The highest BCUT2D eigenvalue weighted by Gasteiger charge is 2.57. The van der Waals surface area contributed by atoms with Crippen molar-refractivity contribution in [2.24, 2.45) is 0 Å². The van der Waals surface area contributed by atoms with Crippen LogP contribution in [-0.2, 0) is 0 Å². The predicted octanol–water partition coefficient (Wildman–Crippen LogP) is 3.75. The molecule has 0 fully saturated rings. The number of alkyl halides is 6. The number of halogens is 7. The molecular formula is C11H9F7N2O. The van der Waals surface area contributed by atoms with Crippen molar-refractivity contribution < 1.29 is 35.5 Å². The van der Waals surface area contributed by atoms with Crippen LogP contribution in [0.3, 0.4) is 0 Å². The molecule has 1 aromatic carbocycles. The fourth-order valence-electron chi connectivity index (χ4n) is 1.37. The van der Waals surface area contributed by atoms with Crippen LogP contribution in [0.15, 0.2) is 18.2 Å². The minimum Gasteiger partial charge on any atom is -0.318 e. The summed E-state index contributed by atoms with van der Waals surface area (Å²) in [5.74, 6) is -0.806. The molecule has 0 aliphatic carbocycles. The van der Waals surface area contributed by atoms with Crippen molar-refractivity contribution >= 4 is 11.7 Å². The lowest BCUT2D eigenvalue weighted by Crippen LogP contribution is -2.55. The molecule has 0 saturated heterocycles. The van der Waals surface area contributed by atoms with Crippen molar-refractivity contribution in [2.45, 2.75) is 25.3 Å². The Labute approximate surface area is 114 Å². The lowest BCUT2D eigenvalue weighted by Gasteiger charge is -2.24. The van der Waals surface area contributed by atoms with Crippen LogP contribution in [0.25, 0.3) is 0 Å². The standard InChI is InChI=1S/C11H9F7N2O/c1-5-2-3-6(12)4-7(5)19-9(21)20-8(10(13,14)15)11(16,17)18/h2-4,8H,1H3,(H2,19,20,21). The molecule has 2 N–H and O–H groups in total. The van der Waals surface area contributed by atoms with Crippen molar-refractivity contribution in [3.8, 4) is 0 Å². The summed E-state index contributed by atoms with van der Waals surface area (Å²) in [7, 11) is 0. The SMILES string of the molecule is Cc1ccc(F)cc1NC(=O)NC(C(F)(F)F)C(F)(F)F. The van der Waals surface area contributed by atoms with Crippen LogP contribution in [0, 0.1) is 12.7 Å².